The molecule has 1 aliphatic carbocycles. The molecule has 2 fully saturated rings. The number of hydrogen-bond donors (Lipinski definition) is 5. The summed E-state index contributed by atoms with van der Waals surface area (Å²) >= 11 is 0. The molecular weight excluding hydrogens is 338 g/mol. The minimum atomic E-state index is -0.987. The average molecular weight is 366 g/mol. The molecule has 1 saturated heterocycles. The Morgan fingerprint density at radius 2 is 2.15 bits per heavy atom. The summed E-state index contributed by atoms with van der Waals surface area (Å²) in [5.74, 6) is 0.665. The highest BCUT2D eigenvalue weighted by Crippen LogP contribution is 2.34. The highest BCUT2D eigenvalue weighted by atomic mass is 16.6. The molecule has 0 aromatic carbocycles. The molecule has 4 aliphatic rings. The molecule has 144 valence electrons. The number of aliphatic imine (C=N–C) groups is 1. The van der Waals surface area contributed by atoms with Crippen LogP contribution in [0.1, 0.15) is 32.1 Å². The summed E-state index contributed by atoms with van der Waals surface area (Å²) in [5, 5.41) is 14.1. The average Bonchev–Trinajstić information content (AvgIpc) is 3.12. The summed E-state index contributed by atoms with van der Waals surface area (Å²) in [4.78, 5) is 23.4. The van der Waals surface area contributed by atoms with Crippen LogP contribution in [0.25, 0.3) is 0 Å². The Kier molecular flexibility index (Phi) is 4.09. The van der Waals surface area contributed by atoms with E-state index in [0.29, 0.717) is 18.5 Å². The molecule has 4 rings (SSSR count). The molecule has 4 atom stereocenters. The third-order valence-corrected chi connectivity index (χ3v) is 6.18. The summed E-state index contributed by atoms with van der Waals surface area (Å²) < 4.78 is 5.68. The molecule has 3 aliphatic heterocycles. The number of amides is 1. The number of guanidine groups is 2. The van der Waals surface area contributed by atoms with Gasteiger partial charge in [0.15, 0.2) is 24.2 Å². The summed E-state index contributed by atoms with van der Waals surface area (Å²) in [5.41, 5.74) is 11.0. The summed E-state index contributed by atoms with van der Waals surface area (Å²) in [7, 11) is 1.77. The number of nitrogens with two attached hydrogens (primary N) is 2. The lowest BCUT2D eigenvalue weighted by Crippen LogP contribution is -2.86. The standard InChI is InChI=1S/C16H27N7O3/c1-22(9-5-3-2-4-6-9)15(25)26-10-8-23-14(18)19-7-11-16(23,12(10)24)21-13(17)20-11/h9-12,24H,2-8H2,1H3,(H2,18,19)(H3,17,20,21)/p+1/t10-,11?,12+,16?/m0/s1. The van der Waals surface area contributed by atoms with Crippen LogP contribution in [-0.4, -0.2) is 83.0 Å². The van der Waals surface area contributed by atoms with E-state index in [9.17, 15) is 9.90 Å². The maximum Gasteiger partial charge on any atom is 0.410 e. The largest absolute Gasteiger partial charge is 0.441 e. The van der Waals surface area contributed by atoms with Crippen molar-refractivity contribution in [1.29, 1.82) is 0 Å². The molecule has 10 heteroatoms. The number of rotatable bonds is 2. The predicted molar refractivity (Wildman–Crippen MR) is 93.9 cm³/mol. The number of ether oxygens (including phenoxy) is 1. The van der Waals surface area contributed by atoms with Crippen LogP contribution in [0.15, 0.2) is 4.99 Å². The lowest BCUT2D eigenvalue weighted by molar-refractivity contribution is -0.507. The first-order valence-corrected chi connectivity index (χ1v) is 9.29. The summed E-state index contributed by atoms with van der Waals surface area (Å²) in [6, 6.07) is -0.0465. The van der Waals surface area contributed by atoms with Crippen LogP contribution in [0.4, 0.5) is 4.79 Å². The third kappa shape index (κ3) is 2.46. The first kappa shape index (κ1) is 17.2. The second-order valence-electron chi connectivity index (χ2n) is 7.64. The van der Waals surface area contributed by atoms with Gasteiger partial charge in [-0.05, 0) is 12.8 Å². The van der Waals surface area contributed by atoms with Crippen LogP contribution in [0, 0.1) is 0 Å². The van der Waals surface area contributed by atoms with Crippen molar-refractivity contribution in [2.75, 3.05) is 20.1 Å². The van der Waals surface area contributed by atoms with E-state index in [2.05, 4.69) is 15.3 Å². The van der Waals surface area contributed by atoms with E-state index in [-0.39, 0.29) is 18.6 Å². The summed E-state index contributed by atoms with van der Waals surface area (Å²) in [6.45, 7) is 0.648. The zero-order valence-electron chi connectivity index (χ0n) is 15.0. The van der Waals surface area contributed by atoms with Crippen molar-refractivity contribution in [2.24, 2.45) is 16.5 Å². The number of aliphatic hydroxyl groups excluding tert-OH is 1. The monoisotopic (exact) mass is 366 g/mol. The quantitative estimate of drug-likeness (QED) is 0.347. The van der Waals surface area contributed by atoms with Crippen molar-refractivity contribution in [2.45, 2.75) is 62.1 Å². The minimum Gasteiger partial charge on any atom is -0.441 e. The van der Waals surface area contributed by atoms with Gasteiger partial charge in [0.25, 0.3) is 0 Å². The maximum absolute atomic E-state index is 12.6. The van der Waals surface area contributed by atoms with Crippen LogP contribution in [0.5, 0.6) is 0 Å². The Bertz CT molecular complexity index is 648. The second-order valence-corrected chi connectivity index (χ2v) is 7.64. The van der Waals surface area contributed by atoms with Crippen LogP contribution in [0.2, 0.25) is 0 Å². The molecular formula is C16H28N7O3+. The van der Waals surface area contributed by atoms with E-state index in [1.807, 2.05) is 0 Å². The van der Waals surface area contributed by atoms with E-state index in [1.54, 1.807) is 16.8 Å². The van der Waals surface area contributed by atoms with Crippen molar-refractivity contribution in [3.63, 3.8) is 0 Å². The Morgan fingerprint density at radius 3 is 2.88 bits per heavy atom. The number of hydrogen-bond acceptors (Lipinski definition) is 8. The van der Waals surface area contributed by atoms with Gasteiger partial charge in [0.1, 0.15) is 0 Å². The normalized spacial score (nSPS) is 36.5. The Morgan fingerprint density at radius 1 is 1.42 bits per heavy atom. The SMILES string of the molecule is CN(C(=O)O[C@H]1CN2C(N)=NCC3[NH+]=C(N)NC32[C@@H]1O)C1CCCCC1. The molecule has 0 aromatic heterocycles. The van der Waals surface area contributed by atoms with Gasteiger partial charge in [0.05, 0.1) is 13.1 Å². The predicted octanol–water partition coefficient (Wildman–Crippen LogP) is -3.18. The molecule has 0 radical (unpaired) electrons. The van der Waals surface area contributed by atoms with Crippen molar-refractivity contribution in [1.82, 2.24) is 15.1 Å². The Labute approximate surface area is 152 Å². The molecule has 3 heterocycles. The molecule has 10 nitrogen and oxygen atoms in total. The molecule has 1 saturated carbocycles. The lowest BCUT2D eigenvalue weighted by atomic mass is 9.93. The van der Waals surface area contributed by atoms with Crippen LogP contribution in [-0.2, 0) is 4.74 Å². The molecule has 0 aromatic rings. The van der Waals surface area contributed by atoms with Gasteiger partial charge >= 0.3 is 12.1 Å². The maximum atomic E-state index is 12.6. The molecule has 7 N–H and O–H groups in total. The van der Waals surface area contributed by atoms with Gasteiger partial charge in [-0.3, -0.25) is 15.6 Å². The second kappa shape index (κ2) is 6.19. The van der Waals surface area contributed by atoms with E-state index in [0.717, 1.165) is 25.7 Å². The number of nitrogens with zero attached hydrogens (tertiary/aromatic N) is 3. The molecule has 2 unspecified atom stereocenters. The number of carbonyl (C=O) groups is 1. The Hall–Kier alpha value is -2.23. The van der Waals surface area contributed by atoms with Gasteiger partial charge in [0.2, 0.25) is 5.66 Å². The van der Waals surface area contributed by atoms with Crippen LogP contribution in [0.3, 0.4) is 0 Å². The van der Waals surface area contributed by atoms with Crippen molar-refractivity contribution in [3.05, 3.63) is 0 Å². The van der Waals surface area contributed by atoms with Gasteiger partial charge in [-0.1, -0.05) is 19.3 Å². The molecule has 1 spiro atoms. The van der Waals surface area contributed by atoms with E-state index >= 15 is 0 Å². The van der Waals surface area contributed by atoms with Crippen molar-refractivity contribution >= 4 is 18.0 Å². The topological polar surface area (TPSA) is 143 Å². The number of aliphatic hydroxyl groups is 1. The fourth-order valence-corrected chi connectivity index (χ4v) is 4.72. The van der Waals surface area contributed by atoms with Gasteiger partial charge < -0.3 is 20.5 Å². The van der Waals surface area contributed by atoms with E-state index < -0.39 is 24.0 Å². The molecule has 1 amide bonds. The van der Waals surface area contributed by atoms with Gasteiger partial charge in [-0.2, -0.15) is 0 Å². The third-order valence-electron chi connectivity index (χ3n) is 6.18. The lowest BCUT2D eigenvalue weighted by Gasteiger charge is -2.40. The van der Waals surface area contributed by atoms with Gasteiger partial charge in [-0.15, -0.1) is 0 Å². The minimum absolute atomic E-state index is 0.199. The Balaban J connectivity index is 1.49. The smallest absolute Gasteiger partial charge is 0.410 e. The highest BCUT2D eigenvalue weighted by Gasteiger charge is 2.67. The van der Waals surface area contributed by atoms with Crippen molar-refractivity contribution in [3.8, 4) is 0 Å². The van der Waals surface area contributed by atoms with Crippen molar-refractivity contribution < 1.29 is 19.6 Å². The van der Waals surface area contributed by atoms with Crippen LogP contribution >= 0.6 is 0 Å². The van der Waals surface area contributed by atoms with Gasteiger partial charge in [0, 0.05) is 13.1 Å². The molecule has 0 bridgehead atoms. The first-order valence-electron chi connectivity index (χ1n) is 9.29. The summed E-state index contributed by atoms with van der Waals surface area (Å²) in [6.07, 6.45) is 3.35. The zero-order chi connectivity index (χ0) is 18.5. The fraction of sp³-hybridized carbons (Fsp3) is 0.812. The van der Waals surface area contributed by atoms with Gasteiger partial charge in [-0.25, -0.2) is 15.1 Å². The van der Waals surface area contributed by atoms with Crippen LogP contribution < -0.4 is 21.8 Å². The first-order chi connectivity index (χ1) is 12.4. The molecule has 26 heavy (non-hydrogen) atoms. The highest BCUT2D eigenvalue weighted by molar-refractivity contribution is 5.83. The fourth-order valence-electron chi connectivity index (χ4n) is 4.72. The van der Waals surface area contributed by atoms with E-state index in [1.165, 1.54) is 6.42 Å². The zero-order valence-corrected chi connectivity index (χ0v) is 15.0. The number of nitrogens with one attached hydrogen (secondary N) is 2. The number of carbonyl (C=O) groups excluding carboxylic acids is 1. The van der Waals surface area contributed by atoms with E-state index in [4.69, 9.17) is 16.2 Å².